The molecule has 0 aliphatic carbocycles. The first-order valence-electron chi connectivity index (χ1n) is 16.2. The minimum absolute atomic E-state index is 0.00330. The first kappa shape index (κ1) is 30.8. The van der Waals surface area contributed by atoms with Crippen molar-refractivity contribution in [1.82, 2.24) is 29.6 Å². The first-order valence-corrected chi connectivity index (χ1v) is 16.2. The average Bonchev–Trinajstić information content (AvgIpc) is 3.52. The molecule has 4 aliphatic heterocycles. The topological polar surface area (TPSA) is 146 Å². The minimum atomic E-state index is -0.706. The normalized spacial score (nSPS) is 25.9. The number of rotatable bonds is 7. The summed E-state index contributed by atoms with van der Waals surface area (Å²) < 4.78 is 3.04. The number of amides is 5. The molecular formula is C32H43N7O6. The van der Waals surface area contributed by atoms with E-state index in [4.69, 9.17) is 0 Å². The Morgan fingerprint density at radius 2 is 1.78 bits per heavy atom. The predicted molar refractivity (Wildman–Crippen MR) is 166 cm³/mol. The molecule has 6 rings (SSSR count). The second-order valence-electron chi connectivity index (χ2n) is 13.2. The van der Waals surface area contributed by atoms with E-state index < -0.39 is 18.0 Å². The van der Waals surface area contributed by atoms with E-state index in [0.717, 1.165) is 43.6 Å². The van der Waals surface area contributed by atoms with Gasteiger partial charge in [0.05, 0.1) is 17.0 Å². The molecule has 13 heteroatoms. The van der Waals surface area contributed by atoms with Crippen LogP contribution in [-0.2, 0) is 31.0 Å². The third-order valence-corrected chi connectivity index (χ3v) is 10.2. The van der Waals surface area contributed by atoms with Crippen LogP contribution < -0.4 is 21.2 Å². The molecule has 4 atom stereocenters. The van der Waals surface area contributed by atoms with Gasteiger partial charge in [-0.3, -0.25) is 38.4 Å². The van der Waals surface area contributed by atoms with E-state index in [1.165, 1.54) is 4.57 Å². The lowest BCUT2D eigenvalue weighted by Gasteiger charge is -2.41. The lowest BCUT2D eigenvalue weighted by molar-refractivity contribution is -0.147. The number of anilines is 1. The maximum atomic E-state index is 13.2. The summed E-state index contributed by atoms with van der Waals surface area (Å²) in [5.74, 6) is -0.704. The predicted octanol–water partition coefficient (Wildman–Crippen LogP) is 0.898. The standard InChI is InChI=1S/C32H43N7O6/c1-19-16-36(14-13-21-7-10-24(29(42)33-2)38(21)31(19)44)28(41)6-4-5-20-17-37(18-20)22-8-9-23-26(15-22)35(3)32(45)39(23)25-11-12-27(40)34-30(25)43/h8-9,15,19-21,24-25H,4-7,10-14,16-18H2,1-3H3,(H,33,42)(H,34,40,43). The quantitative estimate of drug-likeness (QED) is 0.437. The summed E-state index contributed by atoms with van der Waals surface area (Å²) in [6, 6.07) is 4.70. The van der Waals surface area contributed by atoms with Gasteiger partial charge in [-0.15, -0.1) is 0 Å². The Kier molecular flexibility index (Phi) is 8.45. The van der Waals surface area contributed by atoms with Crippen LogP contribution in [0.4, 0.5) is 5.69 Å². The smallest absolute Gasteiger partial charge is 0.329 e. The largest absolute Gasteiger partial charge is 0.371 e. The second-order valence-corrected chi connectivity index (χ2v) is 13.2. The van der Waals surface area contributed by atoms with Gasteiger partial charge in [0.25, 0.3) is 0 Å². The van der Waals surface area contributed by atoms with Crippen LogP contribution in [0.15, 0.2) is 23.0 Å². The zero-order chi connectivity index (χ0) is 32.0. The summed E-state index contributed by atoms with van der Waals surface area (Å²) in [6.07, 6.45) is 4.82. The molecule has 0 bridgehead atoms. The monoisotopic (exact) mass is 621 g/mol. The van der Waals surface area contributed by atoms with Crippen LogP contribution in [0.1, 0.15) is 64.3 Å². The molecule has 0 saturated carbocycles. The van der Waals surface area contributed by atoms with Crippen molar-refractivity contribution in [1.29, 1.82) is 0 Å². The lowest BCUT2D eigenvalue weighted by Crippen LogP contribution is -2.54. The van der Waals surface area contributed by atoms with E-state index in [9.17, 15) is 28.8 Å². The number of benzene rings is 1. The Balaban J connectivity index is 1.00. The minimum Gasteiger partial charge on any atom is -0.371 e. The van der Waals surface area contributed by atoms with Crippen molar-refractivity contribution in [2.45, 2.75) is 76.4 Å². The molecule has 242 valence electrons. The summed E-state index contributed by atoms with van der Waals surface area (Å²) in [7, 11) is 3.30. The highest BCUT2D eigenvalue weighted by molar-refractivity contribution is 6.00. The molecule has 0 spiro atoms. The molecule has 4 aliphatic rings. The molecule has 4 unspecified atom stereocenters. The fraction of sp³-hybridized carbons (Fsp3) is 0.625. The number of hydrogen-bond acceptors (Lipinski definition) is 7. The SMILES string of the molecule is CNC(=O)C1CCC2CCN(C(=O)CCCC3CN(c4ccc5c(c4)n(C)c(=O)n5C4CCC(=O)NC4=O)C3)CC(C)C(=O)N21. The molecule has 5 amide bonds. The van der Waals surface area contributed by atoms with Crippen molar-refractivity contribution in [3.8, 4) is 0 Å². The van der Waals surface area contributed by atoms with Gasteiger partial charge in [0.1, 0.15) is 12.1 Å². The number of aryl methyl sites for hydroxylation is 1. The van der Waals surface area contributed by atoms with Crippen LogP contribution in [-0.4, -0.2) is 93.8 Å². The van der Waals surface area contributed by atoms with Gasteiger partial charge in [-0.2, -0.15) is 0 Å². The fourth-order valence-electron chi connectivity index (χ4n) is 7.65. The summed E-state index contributed by atoms with van der Waals surface area (Å²) in [4.78, 5) is 81.8. The van der Waals surface area contributed by atoms with Gasteiger partial charge < -0.3 is 20.0 Å². The van der Waals surface area contributed by atoms with Crippen molar-refractivity contribution < 1.29 is 24.0 Å². The zero-order valence-corrected chi connectivity index (χ0v) is 26.3. The van der Waals surface area contributed by atoms with Crippen LogP contribution in [0, 0.1) is 11.8 Å². The van der Waals surface area contributed by atoms with Gasteiger partial charge in [-0.05, 0) is 62.6 Å². The van der Waals surface area contributed by atoms with E-state index in [1.807, 2.05) is 30.0 Å². The Morgan fingerprint density at radius 1 is 1.00 bits per heavy atom. The summed E-state index contributed by atoms with van der Waals surface area (Å²) in [5, 5.41) is 5.02. The maximum Gasteiger partial charge on any atom is 0.329 e. The van der Waals surface area contributed by atoms with Gasteiger partial charge in [-0.25, -0.2) is 4.79 Å². The maximum absolute atomic E-state index is 13.2. The number of imidazole rings is 1. The second kappa shape index (κ2) is 12.3. The molecule has 1 aromatic heterocycles. The first-order chi connectivity index (χ1) is 21.6. The van der Waals surface area contributed by atoms with Crippen molar-refractivity contribution in [2.75, 3.05) is 38.1 Å². The van der Waals surface area contributed by atoms with Crippen LogP contribution in [0.2, 0.25) is 0 Å². The molecular weight excluding hydrogens is 578 g/mol. The van der Waals surface area contributed by atoms with Crippen molar-refractivity contribution in [3.05, 3.63) is 28.7 Å². The number of carbonyl (C=O) groups excluding carboxylic acids is 5. The van der Waals surface area contributed by atoms with E-state index in [1.54, 1.807) is 23.6 Å². The Bertz CT molecular complexity index is 1590. The molecule has 0 radical (unpaired) electrons. The number of carbonyl (C=O) groups is 5. The molecule has 5 heterocycles. The number of likely N-dealkylation sites (N-methyl/N-ethyl adjacent to an activating group) is 1. The van der Waals surface area contributed by atoms with Gasteiger partial charge >= 0.3 is 5.69 Å². The molecule has 13 nitrogen and oxygen atoms in total. The highest BCUT2D eigenvalue weighted by Crippen LogP contribution is 2.33. The third kappa shape index (κ3) is 5.72. The Labute approximate surface area is 261 Å². The van der Waals surface area contributed by atoms with E-state index in [-0.39, 0.29) is 47.7 Å². The molecule has 4 saturated heterocycles. The van der Waals surface area contributed by atoms with E-state index >= 15 is 0 Å². The van der Waals surface area contributed by atoms with Gasteiger partial charge in [0.2, 0.25) is 29.5 Å². The van der Waals surface area contributed by atoms with Crippen molar-refractivity contribution in [3.63, 3.8) is 0 Å². The number of nitrogens with zero attached hydrogens (tertiary/aromatic N) is 5. The van der Waals surface area contributed by atoms with Crippen molar-refractivity contribution >= 4 is 46.3 Å². The summed E-state index contributed by atoms with van der Waals surface area (Å²) >= 11 is 0. The van der Waals surface area contributed by atoms with Gasteiger partial charge in [0, 0.05) is 64.8 Å². The third-order valence-electron chi connectivity index (χ3n) is 10.2. The van der Waals surface area contributed by atoms with E-state index in [0.29, 0.717) is 50.2 Å². The number of nitrogens with one attached hydrogen (secondary N) is 2. The molecule has 2 aromatic rings. The Morgan fingerprint density at radius 3 is 2.51 bits per heavy atom. The molecule has 45 heavy (non-hydrogen) atoms. The lowest BCUT2D eigenvalue weighted by atomic mass is 9.93. The molecule has 2 N–H and O–H groups in total. The molecule has 1 aromatic carbocycles. The van der Waals surface area contributed by atoms with Gasteiger partial charge in [-0.1, -0.05) is 6.92 Å². The fourth-order valence-corrected chi connectivity index (χ4v) is 7.65. The number of piperidine rings is 1. The van der Waals surface area contributed by atoms with Crippen molar-refractivity contribution in [2.24, 2.45) is 18.9 Å². The number of fused-ring (bicyclic) bond motifs is 2. The summed E-state index contributed by atoms with van der Waals surface area (Å²) in [6.45, 7) is 4.56. The van der Waals surface area contributed by atoms with Crippen LogP contribution in [0.25, 0.3) is 11.0 Å². The summed E-state index contributed by atoms with van der Waals surface area (Å²) in [5.41, 5.74) is 2.13. The highest BCUT2D eigenvalue weighted by atomic mass is 16.2. The van der Waals surface area contributed by atoms with Crippen LogP contribution in [0.3, 0.4) is 0 Å². The molecule has 4 fully saturated rings. The van der Waals surface area contributed by atoms with Crippen LogP contribution in [0.5, 0.6) is 0 Å². The number of imide groups is 1. The van der Waals surface area contributed by atoms with Crippen LogP contribution >= 0.6 is 0 Å². The Hall–Kier alpha value is -4.16. The van der Waals surface area contributed by atoms with Gasteiger partial charge in [0.15, 0.2) is 0 Å². The average molecular weight is 622 g/mol. The number of aromatic nitrogens is 2. The number of hydrogen-bond donors (Lipinski definition) is 2. The highest BCUT2D eigenvalue weighted by Gasteiger charge is 2.43. The van der Waals surface area contributed by atoms with E-state index in [2.05, 4.69) is 15.5 Å². The zero-order valence-electron chi connectivity index (χ0n) is 26.3.